The highest BCUT2D eigenvalue weighted by Crippen LogP contribution is 2.40. The number of halogens is 3. The first-order valence-electron chi connectivity index (χ1n) is 6.79. The molecule has 1 saturated carbocycles. The van der Waals surface area contributed by atoms with E-state index in [-0.39, 0.29) is 5.92 Å². The predicted octanol–water partition coefficient (Wildman–Crippen LogP) is 2.29. The summed E-state index contributed by atoms with van der Waals surface area (Å²) in [5.74, 6) is -3.76. The molecule has 0 spiro atoms. The van der Waals surface area contributed by atoms with Crippen molar-refractivity contribution in [3.05, 3.63) is 0 Å². The van der Waals surface area contributed by atoms with Crippen LogP contribution in [0.4, 0.5) is 13.2 Å². The second-order valence-electron chi connectivity index (χ2n) is 5.88. The van der Waals surface area contributed by atoms with Crippen LogP contribution in [0.25, 0.3) is 0 Å². The van der Waals surface area contributed by atoms with E-state index in [2.05, 4.69) is 0 Å². The fraction of sp³-hybridized carbons (Fsp3) is 0.846. The lowest BCUT2D eigenvalue weighted by Gasteiger charge is -2.48. The van der Waals surface area contributed by atoms with E-state index in [1.807, 2.05) is 0 Å². The maximum Gasteiger partial charge on any atom is 0.392 e. The molecule has 3 aliphatic rings. The van der Waals surface area contributed by atoms with Crippen LogP contribution in [0.2, 0.25) is 0 Å². The van der Waals surface area contributed by atoms with Gasteiger partial charge in [0.2, 0.25) is 5.91 Å². The van der Waals surface area contributed by atoms with Crippen molar-refractivity contribution < 1.29 is 27.9 Å². The molecule has 3 fully saturated rings. The van der Waals surface area contributed by atoms with E-state index in [1.54, 1.807) is 0 Å². The summed E-state index contributed by atoms with van der Waals surface area (Å²) in [7, 11) is 0. The van der Waals surface area contributed by atoms with Gasteiger partial charge >= 0.3 is 12.1 Å². The maximum absolute atomic E-state index is 12.5. The van der Waals surface area contributed by atoms with Gasteiger partial charge in [-0.1, -0.05) is 6.92 Å². The third kappa shape index (κ3) is 2.91. The molecule has 3 rings (SSSR count). The van der Waals surface area contributed by atoms with E-state index in [4.69, 9.17) is 5.11 Å². The van der Waals surface area contributed by atoms with Gasteiger partial charge in [-0.3, -0.25) is 9.59 Å². The fourth-order valence-corrected chi connectivity index (χ4v) is 3.24. The van der Waals surface area contributed by atoms with Crippen LogP contribution in [-0.2, 0) is 9.59 Å². The molecule has 7 heteroatoms. The number of nitrogens with zero attached hydrogens (tertiary/aromatic N) is 1. The third-order valence-electron chi connectivity index (χ3n) is 4.45. The molecule has 1 N–H and O–H groups in total. The average molecular weight is 293 g/mol. The largest absolute Gasteiger partial charge is 0.481 e. The minimum absolute atomic E-state index is 0.103. The summed E-state index contributed by atoms with van der Waals surface area (Å²) in [6.07, 6.45) is -3.03. The highest BCUT2D eigenvalue weighted by molar-refractivity contribution is 5.79. The number of carbonyl (C=O) groups excluding carboxylic acids is 1. The van der Waals surface area contributed by atoms with Gasteiger partial charge in [-0.25, -0.2) is 0 Å². The van der Waals surface area contributed by atoms with Crippen molar-refractivity contribution >= 4 is 11.9 Å². The highest BCUT2D eigenvalue weighted by atomic mass is 19.4. The van der Waals surface area contributed by atoms with Crippen LogP contribution in [0.15, 0.2) is 0 Å². The summed E-state index contributed by atoms with van der Waals surface area (Å²) < 4.78 is 37.5. The van der Waals surface area contributed by atoms with Crippen molar-refractivity contribution in [3.63, 3.8) is 0 Å². The quantitative estimate of drug-likeness (QED) is 0.868. The Morgan fingerprint density at radius 3 is 2.50 bits per heavy atom. The van der Waals surface area contributed by atoms with Gasteiger partial charge in [-0.15, -0.1) is 0 Å². The minimum atomic E-state index is -4.39. The molecule has 4 nitrogen and oxygen atoms in total. The van der Waals surface area contributed by atoms with Crippen LogP contribution in [0.3, 0.4) is 0 Å². The van der Waals surface area contributed by atoms with Gasteiger partial charge in [-0.2, -0.15) is 13.2 Å². The van der Waals surface area contributed by atoms with E-state index in [1.165, 1.54) is 4.90 Å². The average Bonchev–Trinajstić information content (AvgIpc) is 2.37. The third-order valence-corrected chi connectivity index (χ3v) is 4.45. The summed E-state index contributed by atoms with van der Waals surface area (Å²) in [5.41, 5.74) is 0. The number of aliphatic carboxylic acids is 1. The van der Waals surface area contributed by atoms with Gasteiger partial charge in [0, 0.05) is 19.0 Å². The smallest absolute Gasteiger partial charge is 0.392 e. The van der Waals surface area contributed by atoms with Crippen molar-refractivity contribution in [1.82, 2.24) is 4.90 Å². The number of carboxylic acids is 1. The number of carboxylic acid groups (broad SMARTS) is 1. The molecule has 4 unspecified atom stereocenters. The van der Waals surface area contributed by atoms with E-state index in [9.17, 15) is 22.8 Å². The van der Waals surface area contributed by atoms with Crippen molar-refractivity contribution in [2.24, 2.45) is 17.8 Å². The molecular formula is C13H18F3NO3. The van der Waals surface area contributed by atoms with Gasteiger partial charge in [0.1, 0.15) is 0 Å². The Balaban J connectivity index is 2.05. The Kier molecular flexibility index (Phi) is 3.97. The van der Waals surface area contributed by atoms with E-state index in [0.717, 1.165) is 13.3 Å². The normalized spacial score (nSPS) is 31.2. The van der Waals surface area contributed by atoms with Crippen LogP contribution in [-0.4, -0.2) is 40.6 Å². The van der Waals surface area contributed by atoms with Crippen molar-refractivity contribution in [1.29, 1.82) is 0 Å². The van der Waals surface area contributed by atoms with E-state index >= 15 is 0 Å². The Morgan fingerprint density at radius 2 is 2.00 bits per heavy atom. The number of carbonyl (C=O) groups is 2. The molecule has 20 heavy (non-hydrogen) atoms. The maximum atomic E-state index is 12.5. The second kappa shape index (κ2) is 5.26. The lowest BCUT2D eigenvalue weighted by atomic mass is 9.72. The highest BCUT2D eigenvalue weighted by Gasteiger charge is 2.47. The molecule has 114 valence electrons. The molecule has 1 amide bonds. The summed E-state index contributed by atoms with van der Waals surface area (Å²) in [6, 6.07) is -0.439. The van der Waals surface area contributed by atoms with Crippen molar-refractivity contribution in [2.75, 3.05) is 6.54 Å². The lowest BCUT2D eigenvalue weighted by molar-refractivity contribution is -0.180. The molecule has 2 saturated heterocycles. The van der Waals surface area contributed by atoms with Crippen LogP contribution < -0.4 is 0 Å². The first-order valence-corrected chi connectivity index (χ1v) is 6.79. The van der Waals surface area contributed by atoms with Gasteiger partial charge in [0.25, 0.3) is 0 Å². The van der Waals surface area contributed by atoms with Gasteiger partial charge in [0.15, 0.2) is 0 Å². The van der Waals surface area contributed by atoms with Crippen molar-refractivity contribution in [2.45, 2.75) is 44.8 Å². The molecule has 0 aromatic heterocycles. The number of amides is 1. The predicted molar refractivity (Wildman–Crippen MR) is 63.8 cm³/mol. The van der Waals surface area contributed by atoms with E-state index < -0.39 is 42.4 Å². The van der Waals surface area contributed by atoms with Crippen LogP contribution in [0.1, 0.15) is 32.6 Å². The molecule has 2 aliphatic heterocycles. The summed E-state index contributed by atoms with van der Waals surface area (Å²) in [6.45, 7) is 1.38. The number of fused-ring (bicyclic) bond motifs is 3. The Bertz CT molecular complexity index is 410. The number of hydrogen-bond acceptors (Lipinski definition) is 2. The zero-order chi connectivity index (χ0) is 15.1. The monoisotopic (exact) mass is 293 g/mol. The molecule has 2 heterocycles. The summed E-state index contributed by atoms with van der Waals surface area (Å²) >= 11 is 0. The molecule has 4 atom stereocenters. The van der Waals surface area contributed by atoms with E-state index in [0.29, 0.717) is 19.4 Å². The SMILES string of the molecule is CC(CC(=O)N1CC2CCC1C(C(=O)O)C2)C(F)(F)F. The molecule has 0 aromatic rings. The topological polar surface area (TPSA) is 57.6 Å². The summed E-state index contributed by atoms with van der Waals surface area (Å²) in [4.78, 5) is 24.6. The fourth-order valence-electron chi connectivity index (χ4n) is 3.24. The van der Waals surface area contributed by atoms with Crippen LogP contribution >= 0.6 is 0 Å². The molecule has 0 aromatic carbocycles. The molecule has 1 aliphatic carbocycles. The summed E-state index contributed by atoms with van der Waals surface area (Å²) in [5, 5.41) is 9.15. The number of piperidine rings is 2. The zero-order valence-corrected chi connectivity index (χ0v) is 11.2. The number of alkyl halides is 3. The number of hydrogen-bond donors (Lipinski definition) is 1. The Morgan fingerprint density at radius 1 is 1.35 bits per heavy atom. The Labute approximate surface area is 114 Å². The van der Waals surface area contributed by atoms with Gasteiger partial charge < -0.3 is 10.0 Å². The molecule has 0 radical (unpaired) electrons. The van der Waals surface area contributed by atoms with Crippen LogP contribution in [0, 0.1) is 17.8 Å². The minimum Gasteiger partial charge on any atom is -0.481 e. The Hall–Kier alpha value is -1.27. The molecular weight excluding hydrogens is 275 g/mol. The van der Waals surface area contributed by atoms with Crippen LogP contribution in [0.5, 0.6) is 0 Å². The second-order valence-corrected chi connectivity index (χ2v) is 5.88. The van der Waals surface area contributed by atoms with Gasteiger partial charge in [-0.05, 0) is 25.2 Å². The first kappa shape index (κ1) is 15.1. The molecule has 2 bridgehead atoms. The number of rotatable bonds is 3. The first-order chi connectivity index (χ1) is 9.20. The standard InChI is InChI=1S/C13H18F3NO3/c1-7(13(14,15)16)4-11(18)17-6-8-2-3-10(17)9(5-8)12(19)20/h7-10H,2-6H2,1H3,(H,19,20). The van der Waals surface area contributed by atoms with Gasteiger partial charge in [0.05, 0.1) is 11.8 Å². The zero-order valence-electron chi connectivity index (χ0n) is 11.2. The van der Waals surface area contributed by atoms with Crippen molar-refractivity contribution in [3.8, 4) is 0 Å². The lowest BCUT2D eigenvalue weighted by Crippen LogP contribution is -2.57.